The lowest BCUT2D eigenvalue weighted by Gasteiger charge is -2.22. The Morgan fingerprint density at radius 1 is 0.561 bits per heavy atom. The fraction of sp³-hybridized carbons (Fsp3) is 0.115. The number of aromatic nitrogens is 4. The minimum atomic E-state index is -0.418. The van der Waals surface area contributed by atoms with Crippen molar-refractivity contribution >= 4 is 45.9 Å². The number of aromatic hydroxyl groups is 2. The first kappa shape index (κ1) is 43.1. The van der Waals surface area contributed by atoms with Crippen molar-refractivity contribution in [3.05, 3.63) is 224 Å². The number of phenolic OH excluding ortho intramolecular Hbond substituents is 2. The van der Waals surface area contributed by atoms with E-state index in [1.165, 1.54) is 32.7 Å². The van der Waals surface area contributed by atoms with Crippen molar-refractivity contribution in [3.63, 3.8) is 0 Å². The quantitative estimate of drug-likeness (QED) is 0.136. The molecule has 6 aromatic heterocycles. The van der Waals surface area contributed by atoms with Gasteiger partial charge in [-0.3, -0.25) is 24.5 Å². The molecule has 0 saturated carbocycles. The molecule has 10 rings (SSSR count). The smallest absolute Gasteiger partial charge is 0.284 e. The third kappa shape index (κ3) is 9.98. The van der Waals surface area contributed by atoms with E-state index in [9.17, 15) is 19.8 Å². The molecule has 12 nitrogen and oxygen atoms in total. The molecule has 2 aliphatic heterocycles. The summed E-state index contributed by atoms with van der Waals surface area (Å²) in [6, 6.07) is 39.8. The predicted octanol–water partition coefficient (Wildman–Crippen LogP) is 9.66. The Morgan fingerprint density at radius 2 is 1.12 bits per heavy atom. The molecular formula is C52H40N8O4S2. The Labute approximate surface area is 389 Å². The fourth-order valence-electron chi connectivity index (χ4n) is 7.57. The molecule has 2 unspecified atom stereocenters. The van der Waals surface area contributed by atoms with Crippen LogP contribution in [0.15, 0.2) is 181 Å². The first-order chi connectivity index (χ1) is 32.4. The molecule has 0 fully saturated rings. The summed E-state index contributed by atoms with van der Waals surface area (Å²) in [6.07, 6.45) is 13.0. The van der Waals surface area contributed by atoms with Gasteiger partial charge in [-0.15, -0.1) is 22.7 Å². The number of amides is 2. The standard InChI is InChI=1S/C26H22N4O2S.C26H18N4O2S/c2*31-24-9-2-1-8-21(24)23-16-22(18-6-5-14-27-17-18)29-30(23)26(32)25-13-12-20(33-25)11-10-19-7-3-4-15-28-19/h1-9,12-15,17,23,31H,10-11,16H2;1-9,12-15,17,23,31H,16H2. The lowest BCUT2D eigenvalue weighted by Crippen LogP contribution is -2.26. The summed E-state index contributed by atoms with van der Waals surface area (Å²) in [4.78, 5) is 47.0. The van der Waals surface area contributed by atoms with Crippen LogP contribution in [0.1, 0.15) is 87.7 Å². The van der Waals surface area contributed by atoms with Gasteiger partial charge in [-0.05, 0) is 97.5 Å². The van der Waals surface area contributed by atoms with Gasteiger partial charge in [0.05, 0.1) is 38.1 Å². The number of aryl methyl sites for hydroxylation is 2. The number of rotatable bonds is 9. The second kappa shape index (κ2) is 20.2. The van der Waals surface area contributed by atoms with E-state index in [1.54, 1.807) is 67.5 Å². The monoisotopic (exact) mass is 904 g/mol. The Balaban J connectivity index is 0.000000166. The lowest BCUT2D eigenvalue weighted by molar-refractivity contribution is 0.0707. The molecule has 0 aliphatic carbocycles. The molecule has 66 heavy (non-hydrogen) atoms. The van der Waals surface area contributed by atoms with Crippen LogP contribution in [-0.4, -0.2) is 63.4 Å². The molecule has 2 aliphatic rings. The Morgan fingerprint density at radius 3 is 1.67 bits per heavy atom. The normalized spacial score (nSPS) is 15.2. The number of phenols is 2. The molecule has 0 spiro atoms. The molecule has 324 valence electrons. The molecule has 2 N–H and O–H groups in total. The van der Waals surface area contributed by atoms with Gasteiger partial charge in [0, 0.05) is 82.8 Å². The maximum atomic E-state index is 13.5. The van der Waals surface area contributed by atoms with Crippen molar-refractivity contribution in [1.82, 2.24) is 30.0 Å². The zero-order valence-electron chi connectivity index (χ0n) is 35.3. The Bertz CT molecular complexity index is 3090. The third-order valence-electron chi connectivity index (χ3n) is 10.8. The number of thiophene rings is 2. The second-order valence-electron chi connectivity index (χ2n) is 15.1. The molecule has 0 radical (unpaired) electrons. The van der Waals surface area contributed by atoms with Crippen molar-refractivity contribution < 1.29 is 19.8 Å². The maximum absolute atomic E-state index is 13.5. The van der Waals surface area contributed by atoms with E-state index in [1.807, 2.05) is 103 Å². The van der Waals surface area contributed by atoms with Crippen LogP contribution < -0.4 is 0 Å². The first-order valence-electron chi connectivity index (χ1n) is 21.1. The van der Waals surface area contributed by atoms with Crippen LogP contribution in [-0.2, 0) is 12.8 Å². The van der Waals surface area contributed by atoms with Crippen LogP contribution in [0.4, 0.5) is 0 Å². The highest BCUT2D eigenvalue weighted by Gasteiger charge is 2.37. The Hall–Kier alpha value is -8.12. The second-order valence-corrected chi connectivity index (χ2v) is 17.4. The number of benzene rings is 2. The minimum absolute atomic E-state index is 0.135. The summed E-state index contributed by atoms with van der Waals surface area (Å²) in [5.74, 6) is 5.96. The zero-order valence-corrected chi connectivity index (χ0v) is 36.9. The number of hydrogen-bond donors (Lipinski definition) is 2. The van der Waals surface area contributed by atoms with Crippen molar-refractivity contribution in [3.8, 4) is 23.3 Å². The topological polar surface area (TPSA) is 157 Å². The lowest BCUT2D eigenvalue weighted by atomic mass is 9.98. The fourth-order valence-corrected chi connectivity index (χ4v) is 9.30. The summed E-state index contributed by atoms with van der Waals surface area (Å²) in [5, 5.41) is 33.2. The van der Waals surface area contributed by atoms with Gasteiger partial charge in [-0.25, -0.2) is 15.0 Å². The third-order valence-corrected chi connectivity index (χ3v) is 13.0. The van der Waals surface area contributed by atoms with Crippen molar-refractivity contribution in [1.29, 1.82) is 0 Å². The van der Waals surface area contributed by atoms with E-state index in [-0.39, 0.29) is 29.4 Å². The summed E-state index contributed by atoms with van der Waals surface area (Å²) in [6.45, 7) is 0. The molecular weight excluding hydrogens is 865 g/mol. The van der Waals surface area contributed by atoms with Crippen molar-refractivity contribution in [2.75, 3.05) is 0 Å². The van der Waals surface area contributed by atoms with Crippen molar-refractivity contribution in [2.45, 2.75) is 37.8 Å². The SMILES string of the molecule is O=C(c1ccc(C#Cc2ccccn2)s1)N1N=C(c2cccnc2)CC1c1ccccc1O.O=C(c1ccc(CCc2ccccn2)s1)N1N=C(c2cccnc2)CC1c1ccccc1O. The van der Waals surface area contributed by atoms with Crippen LogP contribution in [0.5, 0.6) is 11.5 Å². The molecule has 8 aromatic rings. The Kier molecular flexibility index (Phi) is 13.2. The zero-order chi connectivity index (χ0) is 45.2. The van der Waals surface area contributed by atoms with E-state index in [2.05, 4.69) is 42.0 Å². The summed E-state index contributed by atoms with van der Waals surface area (Å²) in [5.41, 5.74) is 6.28. The van der Waals surface area contributed by atoms with Gasteiger partial charge < -0.3 is 10.2 Å². The van der Waals surface area contributed by atoms with Crippen LogP contribution >= 0.6 is 22.7 Å². The number of para-hydroxylation sites is 2. The van der Waals surface area contributed by atoms with Crippen LogP contribution in [0.3, 0.4) is 0 Å². The van der Waals surface area contributed by atoms with Crippen LogP contribution in [0.2, 0.25) is 0 Å². The largest absolute Gasteiger partial charge is 0.508 e. The van der Waals surface area contributed by atoms with Crippen LogP contribution in [0, 0.1) is 11.8 Å². The average molecular weight is 905 g/mol. The maximum Gasteiger partial charge on any atom is 0.284 e. The van der Waals surface area contributed by atoms with Gasteiger partial charge in [-0.2, -0.15) is 10.2 Å². The number of hydrazone groups is 2. The average Bonchev–Trinajstić information content (AvgIpc) is 4.22. The van der Waals surface area contributed by atoms with E-state index in [0.717, 1.165) is 50.8 Å². The van der Waals surface area contributed by atoms with Gasteiger partial charge in [0.25, 0.3) is 11.8 Å². The van der Waals surface area contributed by atoms with Gasteiger partial charge in [-0.1, -0.05) is 60.7 Å². The minimum Gasteiger partial charge on any atom is -0.508 e. The molecule has 2 atom stereocenters. The van der Waals surface area contributed by atoms with Gasteiger partial charge in [0.2, 0.25) is 0 Å². The first-order valence-corrected chi connectivity index (χ1v) is 22.7. The van der Waals surface area contributed by atoms with E-state index in [0.29, 0.717) is 39.4 Å². The van der Waals surface area contributed by atoms with Crippen LogP contribution in [0.25, 0.3) is 0 Å². The highest BCUT2D eigenvalue weighted by atomic mass is 32.1. The molecule has 0 bridgehead atoms. The van der Waals surface area contributed by atoms with E-state index in [4.69, 9.17) is 0 Å². The predicted molar refractivity (Wildman–Crippen MR) is 255 cm³/mol. The highest BCUT2D eigenvalue weighted by molar-refractivity contribution is 7.14. The highest BCUT2D eigenvalue weighted by Crippen LogP contribution is 2.40. The number of hydrogen-bond acceptors (Lipinski definition) is 12. The van der Waals surface area contributed by atoms with E-state index >= 15 is 0 Å². The molecule has 8 heterocycles. The molecule has 0 saturated heterocycles. The van der Waals surface area contributed by atoms with Gasteiger partial charge in [0.1, 0.15) is 17.2 Å². The summed E-state index contributed by atoms with van der Waals surface area (Å²) in [7, 11) is 0. The number of carbonyl (C=O) groups is 2. The van der Waals surface area contributed by atoms with E-state index < -0.39 is 6.04 Å². The summed E-state index contributed by atoms with van der Waals surface area (Å²) < 4.78 is 0. The number of pyridine rings is 4. The number of carbonyl (C=O) groups excluding carboxylic acids is 2. The van der Waals surface area contributed by atoms with Gasteiger partial charge >= 0.3 is 0 Å². The van der Waals surface area contributed by atoms with Crippen molar-refractivity contribution in [2.24, 2.45) is 10.2 Å². The van der Waals surface area contributed by atoms with Gasteiger partial charge in [0.15, 0.2) is 0 Å². The molecule has 2 amide bonds. The summed E-state index contributed by atoms with van der Waals surface area (Å²) >= 11 is 2.79. The number of nitrogens with zero attached hydrogens (tertiary/aromatic N) is 8. The molecule has 14 heteroatoms. The molecule has 2 aromatic carbocycles.